The quantitative estimate of drug-likeness (QED) is 0.798. The maximum atomic E-state index is 12.2. The van der Waals surface area contributed by atoms with Gasteiger partial charge < -0.3 is 15.4 Å². The molecule has 1 aliphatic heterocycles. The van der Waals surface area contributed by atoms with Gasteiger partial charge in [-0.1, -0.05) is 0 Å². The second kappa shape index (κ2) is 7.00. The maximum absolute atomic E-state index is 12.2. The van der Waals surface area contributed by atoms with Crippen molar-refractivity contribution in [1.82, 2.24) is 5.32 Å². The summed E-state index contributed by atoms with van der Waals surface area (Å²) in [5.74, 6) is -0.240. The molecule has 1 heterocycles. The van der Waals surface area contributed by atoms with E-state index in [9.17, 15) is 9.59 Å². The highest BCUT2D eigenvalue weighted by atomic mass is 16.5. The Hall–Kier alpha value is -2.08. The van der Waals surface area contributed by atoms with Crippen LogP contribution in [0.2, 0.25) is 0 Å². The lowest BCUT2D eigenvalue weighted by atomic mass is 9.90. The van der Waals surface area contributed by atoms with Crippen LogP contribution in [0.4, 0.5) is 11.4 Å². The van der Waals surface area contributed by atoms with Gasteiger partial charge in [0, 0.05) is 13.7 Å². The number of aryl methyl sites for hydroxylation is 2. The average Bonchev–Trinajstić information content (AvgIpc) is 2.56. The Balaban J connectivity index is 1.79. The van der Waals surface area contributed by atoms with Crippen LogP contribution in [0.3, 0.4) is 0 Å². The van der Waals surface area contributed by atoms with Gasteiger partial charge in [-0.3, -0.25) is 14.5 Å². The van der Waals surface area contributed by atoms with Gasteiger partial charge in [-0.05, 0) is 48.9 Å². The van der Waals surface area contributed by atoms with E-state index in [1.54, 1.807) is 12.0 Å². The average molecular weight is 317 g/mol. The zero-order chi connectivity index (χ0) is 16.2. The Morgan fingerprint density at radius 3 is 2.78 bits per heavy atom. The van der Waals surface area contributed by atoms with Crippen molar-refractivity contribution in [3.8, 4) is 0 Å². The molecule has 0 saturated carbocycles. The van der Waals surface area contributed by atoms with Crippen molar-refractivity contribution < 1.29 is 14.3 Å². The highest BCUT2D eigenvalue weighted by Crippen LogP contribution is 2.35. The van der Waals surface area contributed by atoms with Gasteiger partial charge in [0.15, 0.2) is 0 Å². The van der Waals surface area contributed by atoms with Crippen LogP contribution in [-0.2, 0) is 27.2 Å². The predicted molar refractivity (Wildman–Crippen MR) is 88.8 cm³/mol. The maximum Gasteiger partial charge on any atom is 0.246 e. The number of amides is 2. The number of carbonyl (C=O) groups excluding carboxylic acids is 2. The van der Waals surface area contributed by atoms with Crippen molar-refractivity contribution in [1.29, 1.82) is 0 Å². The number of benzene rings is 1. The minimum atomic E-state index is -0.166. The number of ether oxygens (including phenoxy) is 1. The molecule has 0 spiro atoms. The molecular formula is C17H23N3O3. The summed E-state index contributed by atoms with van der Waals surface area (Å²) < 4.78 is 4.92. The van der Waals surface area contributed by atoms with E-state index in [1.807, 2.05) is 0 Å². The van der Waals surface area contributed by atoms with Crippen LogP contribution >= 0.6 is 0 Å². The van der Waals surface area contributed by atoms with Gasteiger partial charge in [0.2, 0.25) is 11.8 Å². The van der Waals surface area contributed by atoms with Crippen LogP contribution in [0, 0.1) is 0 Å². The summed E-state index contributed by atoms with van der Waals surface area (Å²) in [6.07, 6.45) is 4.54. The van der Waals surface area contributed by atoms with Crippen LogP contribution in [0.1, 0.15) is 24.0 Å². The van der Waals surface area contributed by atoms with Gasteiger partial charge in [0.05, 0.1) is 24.5 Å². The van der Waals surface area contributed by atoms with Gasteiger partial charge in [-0.25, -0.2) is 0 Å². The van der Waals surface area contributed by atoms with E-state index in [2.05, 4.69) is 22.8 Å². The largest absolute Gasteiger partial charge is 0.383 e. The number of hydrogen-bond acceptors (Lipinski definition) is 4. The molecule has 1 aromatic carbocycles. The van der Waals surface area contributed by atoms with Crippen molar-refractivity contribution >= 4 is 23.2 Å². The Labute approximate surface area is 136 Å². The smallest absolute Gasteiger partial charge is 0.246 e. The molecular weight excluding hydrogens is 294 g/mol. The fourth-order valence-corrected chi connectivity index (χ4v) is 3.20. The fourth-order valence-electron chi connectivity index (χ4n) is 3.20. The summed E-state index contributed by atoms with van der Waals surface area (Å²) in [5, 5.41) is 5.94. The molecule has 0 unspecified atom stereocenters. The molecule has 0 radical (unpaired) electrons. The first-order valence-corrected chi connectivity index (χ1v) is 8.14. The van der Waals surface area contributed by atoms with Crippen molar-refractivity contribution in [2.24, 2.45) is 0 Å². The van der Waals surface area contributed by atoms with E-state index >= 15 is 0 Å². The first-order valence-electron chi connectivity index (χ1n) is 8.14. The zero-order valence-corrected chi connectivity index (χ0v) is 13.5. The molecule has 0 fully saturated rings. The first kappa shape index (κ1) is 15.8. The summed E-state index contributed by atoms with van der Waals surface area (Å²) in [6, 6.07) is 4.22. The van der Waals surface area contributed by atoms with Crippen LogP contribution in [0.15, 0.2) is 12.1 Å². The molecule has 124 valence electrons. The zero-order valence-electron chi connectivity index (χ0n) is 13.5. The molecule has 6 heteroatoms. The van der Waals surface area contributed by atoms with Crippen LogP contribution in [0.5, 0.6) is 0 Å². The number of rotatable bonds is 5. The molecule has 2 aliphatic rings. The highest BCUT2D eigenvalue weighted by molar-refractivity contribution is 6.06. The van der Waals surface area contributed by atoms with Crippen molar-refractivity contribution in [3.63, 3.8) is 0 Å². The van der Waals surface area contributed by atoms with E-state index in [0.29, 0.717) is 13.2 Å². The third kappa shape index (κ3) is 3.47. The molecule has 0 aromatic heterocycles. The second-order valence-corrected chi connectivity index (χ2v) is 6.02. The number of nitrogens with zero attached hydrogens (tertiary/aromatic N) is 1. The first-order chi connectivity index (χ1) is 11.2. The Bertz CT molecular complexity index is 615. The summed E-state index contributed by atoms with van der Waals surface area (Å²) >= 11 is 0. The van der Waals surface area contributed by atoms with Crippen molar-refractivity contribution in [2.45, 2.75) is 25.7 Å². The van der Waals surface area contributed by atoms with Crippen LogP contribution in [-0.4, -0.2) is 45.2 Å². The summed E-state index contributed by atoms with van der Waals surface area (Å²) in [7, 11) is 1.59. The number of hydrogen-bond donors (Lipinski definition) is 2. The minimum absolute atomic E-state index is 0.0516. The van der Waals surface area contributed by atoms with Crippen LogP contribution in [0.25, 0.3) is 0 Å². The molecule has 2 amide bonds. The monoisotopic (exact) mass is 317 g/mol. The summed E-state index contributed by atoms with van der Waals surface area (Å²) in [5.41, 5.74) is 4.44. The fraction of sp³-hybridized carbons (Fsp3) is 0.529. The summed E-state index contributed by atoms with van der Waals surface area (Å²) in [4.78, 5) is 25.9. The Kier molecular flexibility index (Phi) is 4.81. The standard InChI is InChI=1S/C17H23N3O3/c1-23-7-6-18-16(21)11-20-15-9-13-5-3-2-4-12(13)8-14(15)19-10-17(20)22/h8-9,19H,2-7,10-11H2,1H3,(H,18,21). The lowest BCUT2D eigenvalue weighted by Crippen LogP contribution is -2.46. The van der Waals surface area contributed by atoms with E-state index in [4.69, 9.17) is 4.74 Å². The lowest BCUT2D eigenvalue weighted by molar-refractivity contribution is -0.123. The number of nitrogens with one attached hydrogen (secondary N) is 2. The molecule has 6 nitrogen and oxygen atoms in total. The topological polar surface area (TPSA) is 70.7 Å². The van der Waals surface area contributed by atoms with Crippen LogP contribution < -0.4 is 15.5 Å². The molecule has 23 heavy (non-hydrogen) atoms. The van der Waals surface area contributed by atoms with E-state index in [0.717, 1.165) is 24.2 Å². The number of fused-ring (bicyclic) bond motifs is 2. The molecule has 0 bridgehead atoms. The molecule has 2 N–H and O–H groups in total. The van der Waals surface area contributed by atoms with Gasteiger partial charge >= 0.3 is 0 Å². The Morgan fingerprint density at radius 2 is 2.04 bits per heavy atom. The van der Waals surface area contributed by atoms with E-state index in [-0.39, 0.29) is 24.9 Å². The van der Waals surface area contributed by atoms with Crippen molar-refractivity contribution in [3.05, 3.63) is 23.3 Å². The van der Waals surface area contributed by atoms with E-state index < -0.39 is 0 Å². The lowest BCUT2D eigenvalue weighted by Gasteiger charge is -2.32. The van der Waals surface area contributed by atoms with Crippen molar-refractivity contribution in [2.75, 3.05) is 43.6 Å². The Morgan fingerprint density at radius 1 is 1.30 bits per heavy atom. The number of methoxy groups -OCH3 is 1. The van der Waals surface area contributed by atoms with Gasteiger partial charge in [0.25, 0.3) is 0 Å². The predicted octanol–water partition coefficient (Wildman–Crippen LogP) is 1.09. The molecule has 1 aromatic rings. The van der Waals surface area contributed by atoms with E-state index in [1.165, 1.54) is 24.0 Å². The minimum Gasteiger partial charge on any atom is -0.383 e. The third-order valence-electron chi connectivity index (χ3n) is 4.41. The van der Waals surface area contributed by atoms with Gasteiger partial charge in [-0.15, -0.1) is 0 Å². The van der Waals surface area contributed by atoms with Gasteiger partial charge in [-0.2, -0.15) is 0 Å². The molecule has 1 aliphatic carbocycles. The molecule has 0 atom stereocenters. The number of anilines is 2. The SMILES string of the molecule is COCCNC(=O)CN1C(=O)CNc2cc3c(cc21)CCCC3. The molecule has 0 saturated heterocycles. The highest BCUT2D eigenvalue weighted by Gasteiger charge is 2.27. The van der Waals surface area contributed by atoms with Gasteiger partial charge in [0.1, 0.15) is 6.54 Å². The second-order valence-electron chi connectivity index (χ2n) is 6.02. The third-order valence-corrected chi connectivity index (χ3v) is 4.41. The summed E-state index contributed by atoms with van der Waals surface area (Å²) in [6.45, 7) is 1.20. The number of carbonyl (C=O) groups is 2. The molecule has 3 rings (SSSR count). The normalized spacial score (nSPS) is 16.4.